The quantitative estimate of drug-likeness (QED) is 0.918. The summed E-state index contributed by atoms with van der Waals surface area (Å²) >= 11 is 0. The molecule has 4 heterocycles. The van der Waals surface area contributed by atoms with Gasteiger partial charge >= 0.3 is 0 Å². The van der Waals surface area contributed by atoms with Crippen LogP contribution >= 0.6 is 0 Å². The molecule has 2 atom stereocenters. The summed E-state index contributed by atoms with van der Waals surface area (Å²) in [5, 5.41) is 3.31. The summed E-state index contributed by atoms with van der Waals surface area (Å²) in [7, 11) is 0. The zero-order valence-electron chi connectivity index (χ0n) is 13.3. The number of hydrogen-bond donors (Lipinski definition) is 1. The molecular weight excluding hydrogens is 306 g/mol. The minimum atomic E-state index is -0.260. The summed E-state index contributed by atoms with van der Waals surface area (Å²) in [5.74, 6) is 0.635. The lowest BCUT2D eigenvalue weighted by atomic mass is 9.97. The summed E-state index contributed by atoms with van der Waals surface area (Å²) in [6.45, 7) is 1.93. The lowest BCUT2D eigenvalue weighted by Crippen LogP contribution is -2.36. The predicted molar refractivity (Wildman–Crippen MR) is 87.5 cm³/mol. The van der Waals surface area contributed by atoms with E-state index in [1.54, 1.807) is 43.0 Å². The lowest BCUT2D eigenvalue weighted by Gasteiger charge is -2.23. The van der Waals surface area contributed by atoms with E-state index in [0.717, 1.165) is 12.8 Å². The van der Waals surface area contributed by atoms with Gasteiger partial charge in [0.2, 0.25) is 5.95 Å². The minimum absolute atomic E-state index is 0.0198. The maximum atomic E-state index is 12.6. The van der Waals surface area contributed by atoms with Crippen molar-refractivity contribution in [3.05, 3.63) is 48.5 Å². The van der Waals surface area contributed by atoms with E-state index < -0.39 is 0 Å². The maximum Gasteiger partial charge on any atom is 0.255 e. The molecule has 0 saturated carbocycles. The van der Waals surface area contributed by atoms with Crippen LogP contribution in [0.5, 0.6) is 0 Å². The summed E-state index contributed by atoms with van der Waals surface area (Å²) < 4.78 is 6.07. The Bertz CT molecular complexity index is 711. The van der Waals surface area contributed by atoms with E-state index >= 15 is 0 Å². The molecule has 7 heteroatoms. The highest BCUT2D eigenvalue weighted by atomic mass is 16.5. The Morgan fingerprint density at radius 1 is 1.29 bits per heavy atom. The van der Waals surface area contributed by atoms with Gasteiger partial charge in [0, 0.05) is 37.8 Å². The lowest BCUT2D eigenvalue weighted by molar-refractivity contribution is 0.0125. The Kier molecular flexibility index (Phi) is 3.86. The summed E-state index contributed by atoms with van der Waals surface area (Å²) in [6, 6.07) is 5.54. The molecule has 1 N–H and O–H groups in total. The SMILES string of the molecule is O=C(c1cccnc1)N1CC[C@@]2(C[C@@H](Nc3ncccn3)CO2)C1. The van der Waals surface area contributed by atoms with Crippen LogP contribution in [0.15, 0.2) is 43.0 Å². The first-order valence-corrected chi connectivity index (χ1v) is 8.11. The number of nitrogens with one attached hydrogen (secondary N) is 1. The molecule has 2 aromatic rings. The Labute approximate surface area is 140 Å². The topological polar surface area (TPSA) is 80.2 Å². The molecule has 0 radical (unpaired) electrons. The van der Waals surface area contributed by atoms with Crippen molar-refractivity contribution in [2.75, 3.05) is 25.0 Å². The fraction of sp³-hybridized carbons (Fsp3) is 0.412. The average molecular weight is 325 g/mol. The fourth-order valence-corrected chi connectivity index (χ4v) is 3.47. The van der Waals surface area contributed by atoms with Gasteiger partial charge in [-0.25, -0.2) is 9.97 Å². The van der Waals surface area contributed by atoms with Crippen LogP contribution in [0, 0.1) is 0 Å². The average Bonchev–Trinajstić information content (AvgIpc) is 3.23. The third-order valence-electron chi connectivity index (χ3n) is 4.62. The summed E-state index contributed by atoms with van der Waals surface area (Å²) in [6.07, 6.45) is 8.41. The molecule has 124 valence electrons. The van der Waals surface area contributed by atoms with Crippen molar-refractivity contribution in [2.45, 2.75) is 24.5 Å². The Hall–Kier alpha value is -2.54. The minimum Gasteiger partial charge on any atom is -0.371 e. The number of likely N-dealkylation sites (tertiary alicyclic amines) is 1. The van der Waals surface area contributed by atoms with Crippen molar-refractivity contribution in [1.82, 2.24) is 19.9 Å². The largest absolute Gasteiger partial charge is 0.371 e. The number of rotatable bonds is 3. The van der Waals surface area contributed by atoms with Gasteiger partial charge in [-0.15, -0.1) is 0 Å². The number of anilines is 1. The van der Waals surface area contributed by atoms with Crippen molar-refractivity contribution in [2.24, 2.45) is 0 Å². The van der Waals surface area contributed by atoms with Gasteiger partial charge in [0.25, 0.3) is 5.91 Å². The number of amides is 1. The zero-order valence-corrected chi connectivity index (χ0v) is 13.3. The highest BCUT2D eigenvalue weighted by Gasteiger charge is 2.47. The number of aromatic nitrogens is 3. The van der Waals surface area contributed by atoms with Crippen LogP contribution in [0.4, 0.5) is 5.95 Å². The molecule has 0 bridgehead atoms. The van der Waals surface area contributed by atoms with Crippen molar-refractivity contribution in [3.8, 4) is 0 Å². The van der Waals surface area contributed by atoms with Gasteiger partial charge in [0.1, 0.15) is 0 Å². The first-order chi connectivity index (χ1) is 11.7. The van der Waals surface area contributed by atoms with Crippen LogP contribution in [0.1, 0.15) is 23.2 Å². The van der Waals surface area contributed by atoms with E-state index in [1.807, 2.05) is 4.90 Å². The van der Waals surface area contributed by atoms with E-state index in [4.69, 9.17) is 4.74 Å². The molecular formula is C17H19N5O2. The zero-order chi connectivity index (χ0) is 16.4. The molecule has 2 aromatic heterocycles. The molecule has 2 aliphatic heterocycles. The van der Waals surface area contributed by atoms with E-state index in [1.165, 1.54) is 0 Å². The summed E-state index contributed by atoms with van der Waals surface area (Å²) in [5.41, 5.74) is 0.365. The van der Waals surface area contributed by atoms with Crippen LogP contribution < -0.4 is 5.32 Å². The van der Waals surface area contributed by atoms with Crippen molar-refractivity contribution < 1.29 is 9.53 Å². The molecule has 2 fully saturated rings. The first-order valence-electron chi connectivity index (χ1n) is 8.11. The van der Waals surface area contributed by atoms with Crippen LogP contribution in [-0.4, -0.2) is 57.1 Å². The van der Waals surface area contributed by atoms with Crippen LogP contribution in [0.2, 0.25) is 0 Å². The van der Waals surface area contributed by atoms with Crippen molar-refractivity contribution in [3.63, 3.8) is 0 Å². The third kappa shape index (κ3) is 2.94. The summed E-state index contributed by atoms with van der Waals surface area (Å²) in [4.78, 5) is 26.8. The molecule has 7 nitrogen and oxygen atoms in total. The van der Waals surface area contributed by atoms with E-state index in [-0.39, 0.29) is 17.6 Å². The molecule has 24 heavy (non-hydrogen) atoms. The molecule has 0 aromatic carbocycles. The number of hydrogen-bond acceptors (Lipinski definition) is 6. The number of carbonyl (C=O) groups is 1. The van der Waals surface area contributed by atoms with E-state index in [0.29, 0.717) is 31.2 Å². The monoisotopic (exact) mass is 325 g/mol. The molecule has 1 spiro atoms. The Balaban J connectivity index is 1.39. The van der Waals surface area contributed by atoms with E-state index in [9.17, 15) is 4.79 Å². The van der Waals surface area contributed by atoms with Crippen molar-refractivity contribution in [1.29, 1.82) is 0 Å². The van der Waals surface area contributed by atoms with Crippen LogP contribution in [-0.2, 0) is 4.74 Å². The van der Waals surface area contributed by atoms with E-state index in [2.05, 4.69) is 20.3 Å². The molecule has 4 rings (SSSR count). The van der Waals surface area contributed by atoms with Gasteiger partial charge in [0.05, 0.1) is 30.4 Å². The van der Waals surface area contributed by atoms with Gasteiger partial charge in [-0.1, -0.05) is 0 Å². The van der Waals surface area contributed by atoms with Gasteiger partial charge < -0.3 is 15.0 Å². The van der Waals surface area contributed by atoms with Gasteiger partial charge in [0.15, 0.2) is 0 Å². The molecule has 0 unspecified atom stereocenters. The van der Waals surface area contributed by atoms with Crippen LogP contribution in [0.3, 0.4) is 0 Å². The second-order valence-corrected chi connectivity index (χ2v) is 6.33. The second kappa shape index (κ2) is 6.16. The predicted octanol–water partition coefficient (Wildman–Crippen LogP) is 1.36. The normalized spacial score (nSPS) is 26.0. The standard InChI is InChI=1S/C17H19N5O2/c23-15(13-3-1-5-18-10-13)22-8-4-17(12-22)9-14(11-24-17)21-16-19-6-2-7-20-16/h1-3,5-7,10,14H,4,8-9,11-12H2,(H,19,20,21)/t14-,17-/m1/s1. The van der Waals surface area contributed by atoms with Crippen LogP contribution in [0.25, 0.3) is 0 Å². The third-order valence-corrected chi connectivity index (χ3v) is 4.62. The number of nitrogens with zero attached hydrogens (tertiary/aromatic N) is 4. The van der Waals surface area contributed by atoms with Crippen molar-refractivity contribution >= 4 is 11.9 Å². The highest BCUT2D eigenvalue weighted by Crippen LogP contribution is 2.36. The van der Waals surface area contributed by atoms with Gasteiger partial charge in [-0.05, 0) is 24.6 Å². The number of carbonyl (C=O) groups excluding carboxylic acids is 1. The molecule has 0 aliphatic carbocycles. The Morgan fingerprint density at radius 3 is 2.96 bits per heavy atom. The molecule has 2 aliphatic rings. The Morgan fingerprint density at radius 2 is 2.17 bits per heavy atom. The smallest absolute Gasteiger partial charge is 0.255 e. The fourth-order valence-electron chi connectivity index (χ4n) is 3.47. The molecule has 2 saturated heterocycles. The maximum absolute atomic E-state index is 12.6. The highest BCUT2D eigenvalue weighted by molar-refractivity contribution is 5.94. The number of ether oxygens (including phenoxy) is 1. The second-order valence-electron chi connectivity index (χ2n) is 6.33. The van der Waals surface area contributed by atoms with Gasteiger partial charge in [-0.2, -0.15) is 0 Å². The molecule has 1 amide bonds. The number of pyridine rings is 1. The van der Waals surface area contributed by atoms with Gasteiger partial charge in [-0.3, -0.25) is 9.78 Å². The first kappa shape index (κ1) is 15.0.